The summed E-state index contributed by atoms with van der Waals surface area (Å²) in [6.07, 6.45) is 1.79. The van der Waals surface area contributed by atoms with Crippen LogP contribution in [0.1, 0.15) is 29.0 Å². The van der Waals surface area contributed by atoms with E-state index in [0.717, 1.165) is 14.5 Å². The molecule has 0 aliphatic heterocycles. The Labute approximate surface area is 122 Å². The largest absolute Gasteiger partial charge is 0.477 e. The van der Waals surface area contributed by atoms with E-state index in [2.05, 4.69) is 31.9 Å². The summed E-state index contributed by atoms with van der Waals surface area (Å²) < 4.78 is 3.49. The van der Waals surface area contributed by atoms with Crippen LogP contribution in [0.25, 0.3) is 0 Å². The van der Waals surface area contributed by atoms with Crippen LogP contribution in [0, 0.1) is 0 Å². The van der Waals surface area contributed by atoms with Gasteiger partial charge >= 0.3 is 5.97 Å². The Bertz CT molecular complexity index is 592. The minimum Gasteiger partial charge on any atom is -0.477 e. The number of rotatable bonds is 3. The van der Waals surface area contributed by atoms with Gasteiger partial charge in [0.05, 0.1) is 6.04 Å². The summed E-state index contributed by atoms with van der Waals surface area (Å²) in [5.74, 6) is -0.928. The van der Waals surface area contributed by atoms with Gasteiger partial charge in [-0.1, -0.05) is 28.1 Å². The molecular weight excluding hydrogens is 362 g/mol. The summed E-state index contributed by atoms with van der Waals surface area (Å²) in [7, 11) is 0. The minimum atomic E-state index is -0.928. The summed E-state index contributed by atoms with van der Waals surface area (Å²) in [6, 6.07) is 9.42. The molecule has 1 N–H and O–H groups in total. The van der Waals surface area contributed by atoms with Crippen LogP contribution in [0.3, 0.4) is 0 Å². The van der Waals surface area contributed by atoms with Crippen molar-refractivity contribution in [2.75, 3.05) is 0 Å². The average Bonchev–Trinajstić information content (AvgIpc) is 2.70. The number of carbonyl (C=O) groups is 1. The zero-order chi connectivity index (χ0) is 13.3. The van der Waals surface area contributed by atoms with E-state index in [1.165, 1.54) is 0 Å². The van der Waals surface area contributed by atoms with Gasteiger partial charge in [-0.15, -0.1) is 0 Å². The second-order valence-electron chi connectivity index (χ2n) is 3.99. The van der Waals surface area contributed by atoms with Crippen molar-refractivity contribution >= 4 is 37.8 Å². The number of nitrogens with zero attached hydrogens (tertiary/aromatic N) is 1. The Hall–Kier alpha value is -1.07. The lowest BCUT2D eigenvalue weighted by Crippen LogP contribution is -2.12. The number of carboxylic acids is 1. The molecule has 0 spiro atoms. The topological polar surface area (TPSA) is 42.2 Å². The molecule has 2 rings (SSSR count). The van der Waals surface area contributed by atoms with Crippen molar-refractivity contribution in [3.8, 4) is 0 Å². The first-order valence-electron chi connectivity index (χ1n) is 5.35. The van der Waals surface area contributed by atoms with Gasteiger partial charge in [-0.25, -0.2) is 4.79 Å². The molecular formula is C13H11Br2NO2. The van der Waals surface area contributed by atoms with E-state index >= 15 is 0 Å². The zero-order valence-electron chi connectivity index (χ0n) is 9.60. The van der Waals surface area contributed by atoms with Crippen LogP contribution in [0.2, 0.25) is 0 Å². The van der Waals surface area contributed by atoms with Crippen LogP contribution in [-0.4, -0.2) is 15.6 Å². The second kappa shape index (κ2) is 5.28. The number of halogens is 2. The average molecular weight is 373 g/mol. The molecule has 1 heterocycles. The van der Waals surface area contributed by atoms with Crippen LogP contribution < -0.4 is 0 Å². The molecule has 1 atom stereocenters. The molecule has 1 aromatic carbocycles. The monoisotopic (exact) mass is 371 g/mol. The van der Waals surface area contributed by atoms with Gasteiger partial charge in [-0.05, 0) is 46.6 Å². The fourth-order valence-corrected chi connectivity index (χ4v) is 2.72. The van der Waals surface area contributed by atoms with E-state index in [4.69, 9.17) is 0 Å². The first kappa shape index (κ1) is 13.4. The standard InChI is InChI=1S/C13H11Br2NO2/c1-8(9-3-2-4-10(14)5-9)16-7-11(15)6-12(16)13(17)18/h2-8H,1H3,(H,17,18). The third-order valence-corrected chi connectivity index (χ3v) is 3.71. The molecule has 0 fully saturated rings. The molecule has 0 saturated carbocycles. The lowest BCUT2D eigenvalue weighted by molar-refractivity contribution is 0.0684. The normalized spacial score (nSPS) is 12.4. The summed E-state index contributed by atoms with van der Waals surface area (Å²) >= 11 is 6.73. The third kappa shape index (κ3) is 2.67. The SMILES string of the molecule is CC(c1cccc(Br)c1)n1cc(Br)cc1C(=O)O. The highest BCUT2D eigenvalue weighted by atomic mass is 79.9. The molecule has 2 aromatic rings. The molecule has 0 radical (unpaired) electrons. The fraction of sp³-hybridized carbons (Fsp3) is 0.154. The molecule has 0 saturated heterocycles. The van der Waals surface area contributed by atoms with Gasteiger partial charge in [0.15, 0.2) is 0 Å². The van der Waals surface area contributed by atoms with Crippen LogP contribution >= 0.6 is 31.9 Å². The van der Waals surface area contributed by atoms with E-state index in [1.54, 1.807) is 16.8 Å². The smallest absolute Gasteiger partial charge is 0.352 e. The quantitative estimate of drug-likeness (QED) is 0.871. The zero-order valence-corrected chi connectivity index (χ0v) is 12.8. The van der Waals surface area contributed by atoms with Gasteiger partial charge in [-0.3, -0.25) is 0 Å². The van der Waals surface area contributed by atoms with Gasteiger partial charge in [0.25, 0.3) is 0 Å². The highest BCUT2D eigenvalue weighted by Crippen LogP contribution is 2.26. The van der Waals surface area contributed by atoms with Gasteiger partial charge < -0.3 is 9.67 Å². The molecule has 0 bridgehead atoms. The first-order chi connectivity index (χ1) is 8.49. The number of hydrogen-bond donors (Lipinski definition) is 1. The van der Waals surface area contributed by atoms with Crippen molar-refractivity contribution < 1.29 is 9.90 Å². The fourth-order valence-electron chi connectivity index (χ4n) is 1.86. The van der Waals surface area contributed by atoms with Crippen molar-refractivity contribution in [2.24, 2.45) is 0 Å². The van der Waals surface area contributed by atoms with E-state index in [9.17, 15) is 9.90 Å². The van der Waals surface area contributed by atoms with Gasteiger partial charge in [0, 0.05) is 15.1 Å². The van der Waals surface area contributed by atoms with E-state index in [0.29, 0.717) is 0 Å². The summed E-state index contributed by atoms with van der Waals surface area (Å²) in [5, 5.41) is 9.18. The number of benzene rings is 1. The maximum Gasteiger partial charge on any atom is 0.352 e. The second-order valence-corrected chi connectivity index (χ2v) is 5.82. The first-order valence-corrected chi connectivity index (χ1v) is 6.94. The third-order valence-electron chi connectivity index (χ3n) is 2.78. The predicted molar refractivity (Wildman–Crippen MR) is 77.0 cm³/mol. The Kier molecular flexibility index (Phi) is 3.92. The lowest BCUT2D eigenvalue weighted by Gasteiger charge is -2.16. The molecule has 94 valence electrons. The molecule has 3 nitrogen and oxygen atoms in total. The molecule has 0 amide bonds. The molecule has 1 aromatic heterocycles. The molecule has 0 aliphatic rings. The highest BCUT2D eigenvalue weighted by Gasteiger charge is 2.17. The van der Waals surface area contributed by atoms with Crippen molar-refractivity contribution in [2.45, 2.75) is 13.0 Å². The van der Waals surface area contributed by atoms with E-state index in [-0.39, 0.29) is 11.7 Å². The van der Waals surface area contributed by atoms with Gasteiger partial charge in [0.2, 0.25) is 0 Å². The van der Waals surface area contributed by atoms with Crippen LogP contribution in [0.4, 0.5) is 0 Å². The Balaban J connectivity index is 2.45. The minimum absolute atomic E-state index is 0.0418. The molecule has 5 heteroatoms. The molecule has 0 aliphatic carbocycles. The molecule has 18 heavy (non-hydrogen) atoms. The van der Waals surface area contributed by atoms with Crippen LogP contribution in [0.5, 0.6) is 0 Å². The Morgan fingerprint density at radius 2 is 2.00 bits per heavy atom. The summed E-state index contributed by atoms with van der Waals surface area (Å²) in [5.41, 5.74) is 1.32. The van der Waals surface area contributed by atoms with Crippen LogP contribution in [-0.2, 0) is 0 Å². The maximum atomic E-state index is 11.2. The van der Waals surface area contributed by atoms with Gasteiger partial charge in [-0.2, -0.15) is 0 Å². The number of aromatic nitrogens is 1. The predicted octanol–water partition coefficient (Wildman–Crippen LogP) is 4.32. The van der Waals surface area contributed by atoms with Crippen molar-refractivity contribution in [3.63, 3.8) is 0 Å². The number of aromatic carboxylic acids is 1. The number of carboxylic acid groups (broad SMARTS) is 1. The Morgan fingerprint density at radius 3 is 2.61 bits per heavy atom. The lowest BCUT2D eigenvalue weighted by atomic mass is 10.1. The van der Waals surface area contributed by atoms with E-state index in [1.807, 2.05) is 31.2 Å². The Morgan fingerprint density at radius 1 is 1.28 bits per heavy atom. The van der Waals surface area contributed by atoms with Crippen LogP contribution in [0.15, 0.2) is 45.5 Å². The van der Waals surface area contributed by atoms with Crippen molar-refractivity contribution in [3.05, 3.63) is 56.7 Å². The van der Waals surface area contributed by atoms with Crippen molar-refractivity contribution in [1.82, 2.24) is 4.57 Å². The van der Waals surface area contributed by atoms with E-state index < -0.39 is 5.97 Å². The molecule has 1 unspecified atom stereocenters. The highest BCUT2D eigenvalue weighted by molar-refractivity contribution is 9.10. The van der Waals surface area contributed by atoms with Crippen molar-refractivity contribution in [1.29, 1.82) is 0 Å². The summed E-state index contributed by atoms with van der Waals surface area (Å²) in [6.45, 7) is 1.97. The maximum absolute atomic E-state index is 11.2. The van der Waals surface area contributed by atoms with Gasteiger partial charge in [0.1, 0.15) is 5.69 Å². The number of hydrogen-bond acceptors (Lipinski definition) is 1. The summed E-state index contributed by atoms with van der Waals surface area (Å²) in [4.78, 5) is 11.2.